The van der Waals surface area contributed by atoms with Gasteiger partial charge in [0.25, 0.3) is 0 Å². The zero-order valence-corrected chi connectivity index (χ0v) is 29.1. The molecule has 2 fully saturated rings. The van der Waals surface area contributed by atoms with E-state index in [-0.39, 0.29) is 23.9 Å². The number of methoxy groups -OCH3 is 2. The van der Waals surface area contributed by atoms with Gasteiger partial charge in [-0.25, -0.2) is 9.97 Å². The van der Waals surface area contributed by atoms with Gasteiger partial charge in [-0.2, -0.15) is 0 Å². The molecule has 2 amide bonds. The summed E-state index contributed by atoms with van der Waals surface area (Å²) < 4.78 is 11.2. The predicted octanol–water partition coefficient (Wildman–Crippen LogP) is 4.67. The van der Waals surface area contributed by atoms with Crippen LogP contribution in [0, 0.1) is 0 Å². The predicted molar refractivity (Wildman–Crippen MR) is 187 cm³/mol. The van der Waals surface area contributed by atoms with E-state index in [9.17, 15) is 9.59 Å². The molecule has 2 aliphatic rings. The number of carbonyl (C=O) groups is 2. The fourth-order valence-electron chi connectivity index (χ4n) is 6.35. The molecule has 0 saturated carbocycles. The molecule has 14 heteroatoms. The number of nitrogens with one attached hydrogen (secondary N) is 3. The van der Waals surface area contributed by atoms with Crippen LogP contribution in [0.1, 0.15) is 37.1 Å². The molecule has 49 heavy (non-hydrogen) atoms. The topological polar surface area (TPSA) is 143 Å². The van der Waals surface area contributed by atoms with Gasteiger partial charge in [-0.3, -0.25) is 24.5 Å². The molecule has 2 atom stereocenters. The Morgan fingerprint density at radius 2 is 1.51 bits per heavy atom. The lowest BCUT2D eigenvalue weighted by atomic mass is 9.98. The third-order valence-electron chi connectivity index (χ3n) is 8.88. The van der Waals surface area contributed by atoms with Gasteiger partial charge in [-0.05, 0) is 25.8 Å². The summed E-state index contributed by atoms with van der Waals surface area (Å²) in [6, 6.07) is 11.2. The molecule has 4 heterocycles. The van der Waals surface area contributed by atoms with Crippen LogP contribution in [0.15, 0.2) is 48.8 Å². The Bertz CT molecular complexity index is 1860. The lowest BCUT2D eigenvalue weighted by molar-refractivity contribution is -0.125. The highest BCUT2D eigenvalue weighted by Gasteiger charge is 2.31. The van der Waals surface area contributed by atoms with Gasteiger partial charge < -0.3 is 25.4 Å². The second-order valence-corrected chi connectivity index (χ2v) is 12.7. The van der Waals surface area contributed by atoms with Gasteiger partial charge in [0.2, 0.25) is 23.6 Å². The molecule has 3 N–H and O–H groups in total. The first kappa shape index (κ1) is 34.5. The van der Waals surface area contributed by atoms with Crippen LogP contribution in [0.4, 0.5) is 0 Å². The summed E-state index contributed by atoms with van der Waals surface area (Å²) in [5.41, 5.74) is 5.13. The smallest absolute Gasteiger partial charge is 0.237 e. The van der Waals surface area contributed by atoms with Crippen molar-refractivity contribution in [2.45, 2.75) is 50.9 Å². The summed E-state index contributed by atoms with van der Waals surface area (Å²) in [6.45, 7) is 2.30. The summed E-state index contributed by atoms with van der Waals surface area (Å²) in [4.78, 5) is 44.8. The van der Waals surface area contributed by atoms with Gasteiger partial charge in [-0.15, -0.1) is 0 Å². The number of hydrogen-bond acceptors (Lipinski definition) is 10. The molecule has 0 unspecified atom stereocenters. The van der Waals surface area contributed by atoms with E-state index in [2.05, 4.69) is 25.8 Å². The molecule has 256 valence electrons. The zero-order chi connectivity index (χ0) is 34.5. The molecule has 2 saturated heterocycles. The van der Waals surface area contributed by atoms with Gasteiger partial charge in [0, 0.05) is 61.4 Å². The van der Waals surface area contributed by atoms with Crippen LogP contribution >= 0.6 is 23.2 Å². The van der Waals surface area contributed by atoms with Crippen LogP contribution in [0.2, 0.25) is 10.0 Å². The van der Waals surface area contributed by atoms with Crippen molar-refractivity contribution < 1.29 is 19.1 Å². The number of carbonyl (C=O) groups excluding carboxylic acids is 2. The number of benzene rings is 2. The SMILES string of the molecule is CNC(=O)[C@@H]1CCCN1Cc1ncc(-c2cccc(-c3cccc(-c4cnc(CNC[C@@H]5CCC(=O)N5)c(OC)n4)c3Cl)c2Cl)nc1OC. The highest BCUT2D eigenvalue weighted by molar-refractivity contribution is 6.39. The molecular weight excluding hydrogens is 667 g/mol. The van der Waals surface area contributed by atoms with Crippen LogP contribution in [-0.4, -0.2) is 83.1 Å². The molecule has 2 aromatic carbocycles. The fourth-order valence-corrected chi connectivity index (χ4v) is 7.00. The quantitative estimate of drug-likeness (QED) is 0.190. The number of hydrogen-bond donors (Lipinski definition) is 3. The maximum atomic E-state index is 12.4. The number of aromatic nitrogens is 4. The summed E-state index contributed by atoms with van der Waals surface area (Å²) >= 11 is 14.1. The minimum atomic E-state index is -0.206. The van der Waals surface area contributed by atoms with E-state index >= 15 is 0 Å². The third kappa shape index (κ3) is 7.47. The lowest BCUT2D eigenvalue weighted by Crippen LogP contribution is -2.41. The second-order valence-electron chi connectivity index (χ2n) is 11.9. The second kappa shape index (κ2) is 15.5. The molecule has 2 aliphatic heterocycles. The van der Waals surface area contributed by atoms with Crippen molar-refractivity contribution in [1.82, 2.24) is 40.8 Å². The Morgan fingerprint density at radius 1 is 0.918 bits per heavy atom. The first-order valence-corrected chi connectivity index (χ1v) is 16.9. The van der Waals surface area contributed by atoms with E-state index in [0.29, 0.717) is 92.9 Å². The third-order valence-corrected chi connectivity index (χ3v) is 9.70. The van der Waals surface area contributed by atoms with Crippen LogP contribution in [0.5, 0.6) is 11.8 Å². The monoisotopic (exact) mass is 704 g/mol. The average Bonchev–Trinajstić information content (AvgIpc) is 3.77. The maximum absolute atomic E-state index is 12.4. The van der Waals surface area contributed by atoms with Crippen molar-refractivity contribution in [3.63, 3.8) is 0 Å². The van der Waals surface area contributed by atoms with Crippen molar-refractivity contribution in [3.05, 3.63) is 70.2 Å². The Morgan fingerprint density at radius 3 is 2.08 bits per heavy atom. The van der Waals surface area contributed by atoms with E-state index in [1.807, 2.05) is 36.4 Å². The van der Waals surface area contributed by atoms with Gasteiger partial charge in [-0.1, -0.05) is 59.6 Å². The summed E-state index contributed by atoms with van der Waals surface area (Å²) in [5.74, 6) is 0.830. The van der Waals surface area contributed by atoms with E-state index in [0.717, 1.165) is 25.8 Å². The van der Waals surface area contributed by atoms with Gasteiger partial charge in [0.05, 0.1) is 54.1 Å². The average molecular weight is 706 g/mol. The van der Waals surface area contributed by atoms with E-state index in [1.165, 1.54) is 0 Å². The Balaban J connectivity index is 1.24. The summed E-state index contributed by atoms with van der Waals surface area (Å²) in [7, 11) is 4.76. The lowest BCUT2D eigenvalue weighted by Gasteiger charge is -2.23. The number of ether oxygens (including phenoxy) is 2. The van der Waals surface area contributed by atoms with Crippen LogP contribution < -0.4 is 25.4 Å². The largest absolute Gasteiger partial charge is 0.480 e. The van der Waals surface area contributed by atoms with Crippen LogP contribution in [0.25, 0.3) is 33.6 Å². The summed E-state index contributed by atoms with van der Waals surface area (Å²) in [5, 5.41) is 9.93. The fraction of sp³-hybridized carbons (Fsp3) is 0.371. The van der Waals surface area contributed by atoms with Crippen molar-refractivity contribution in [2.24, 2.45) is 0 Å². The molecule has 0 aliphatic carbocycles. The standard InChI is InChI=1S/C35H38Cl2N8O4/c1-38-33(47)29-11-6-14-45(29)19-28-35(49-3)44-26(18-41-28)24-10-5-8-22(32(24)37)21-7-4-9-23(31(21)36)25-17-40-27(34(43-25)48-2)16-39-15-20-12-13-30(46)42-20/h4-5,7-10,17-18,20,29,39H,6,11-16,19H2,1-3H3,(H,38,47)(H,42,46)/t20-,29-/m0/s1. The molecule has 0 radical (unpaired) electrons. The Labute approximate surface area is 295 Å². The minimum absolute atomic E-state index is 0.00364. The minimum Gasteiger partial charge on any atom is -0.480 e. The zero-order valence-electron chi connectivity index (χ0n) is 27.6. The van der Waals surface area contributed by atoms with E-state index in [4.69, 9.17) is 47.6 Å². The molecule has 0 spiro atoms. The first-order valence-electron chi connectivity index (χ1n) is 16.1. The Hall–Kier alpha value is -4.36. The van der Waals surface area contributed by atoms with Gasteiger partial charge >= 0.3 is 0 Å². The normalized spacial score (nSPS) is 17.6. The van der Waals surface area contributed by atoms with Crippen LogP contribution in [-0.2, 0) is 22.7 Å². The number of likely N-dealkylation sites (N-methyl/N-ethyl adjacent to an activating group) is 1. The molecule has 12 nitrogen and oxygen atoms in total. The number of rotatable bonds is 12. The summed E-state index contributed by atoms with van der Waals surface area (Å²) in [6.07, 6.45) is 6.44. The van der Waals surface area contributed by atoms with Crippen LogP contribution in [0.3, 0.4) is 0 Å². The van der Waals surface area contributed by atoms with Crippen molar-refractivity contribution >= 4 is 35.0 Å². The Kier molecular flexibility index (Phi) is 10.9. The van der Waals surface area contributed by atoms with Crippen molar-refractivity contribution in [2.75, 3.05) is 34.4 Å². The van der Waals surface area contributed by atoms with Crippen molar-refractivity contribution in [3.8, 4) is 45.4 Å². The first-order chi connectivity index (χ1) is 23.8. The highest BCUT2D eigenvalue weighted by atomic mass is 35.5. The van der Waals surface area contributed by atoms with E-state index in [1.54, 1.807) is 33.7 Å². The number of likely N-dealkylation sites (tertiary alicyclic amines) is 1. The van der Waals surface area contributed by atoms with Gasteiger partial charge in [0.15, 0.2) is 0 Å². The van der Waals surface area contributed by atoms with Crippen molar-refractivity contribution in [1.29, 1.82) is 0 Å². The maximum Gasteiger partial charge on any atom is 0.237 e. The molecule has 6 rings (SSSR count). The number of amides is 2. The molecule has 4 aromatic rings. The molecular formula is C35H38Cl2N8O4. The van der Waals surface area contributed by atoms with E-state index < -0.39 is 0 Å². The molecule has 0 bridgehead atoms. The number of nitrogens with zero attached hydrogens (tertiary/aromatic N) is 5. The molecule has 2 aromatic heterocycles. The van der Waals surface area contributed by atoms with Gasteiger partial charge in [0.1, 0.15) is 11.4 Å². The number of halogens is 2. The highest BCUT2D eigenvalue weighted by Crippen LogP contribution is 2.42.